The van der Waals surface area contributed by atoms with Gasteiger partial charge in [-0.25, -0.2) is 0 Å². The van der Waals surface area contributed by atoms with Crippen LogP contribution in [0.3, 0.4) is 0 Å². The van der Waals surface area contributed by atoms with Crippen molar-refractivity contribution in [2.24, 2.45) is 0 Å². The second-order valence-electron chi connectivity index (χ2n) is 5.88. The van der Waals surface area contributed by atoms with E-state index in [1.54, 1.807) is 7.11 Å². The van der Waals surface area contributed by atoms with Crippen molar-refractivity contribution >= 4 is 33.6 Å². The van der Waals surface area contributed by atoms with Crippen LogP contribution in [-0.4, -0.2) is 7.11 Å². The second-order valence-corrected chi connectivity index (χ2v) is 6.96. The Morgan fingerprint density at radius 2 is 1.48 bits per heavy atom. The Balaban J connectivity index is 1.61. The molecular formula is C23H18OS. The molecule has 0 spiro atoms. The highest BCUT2D eigenvalue weighted by atomic mass is 32.1. The van der Waals surface area contributed by atoms with Crippen LogP contribution in [0.4, 0.5) is 0 Å². The molecule has 0 fully saturated rings. The van der Waals surface area contributed by atoms with Crippen molar-refractivity contribution in [2.75, 3.05) is 7.11 Å². The Labute approximate surface area is 151 Å². The number of hydrogen-bond donors (Lipinski definition) is 0. The van der Waals surface area contributed by atoms with Gasteiger partial charge in [0.25, 0.3) is 0 Å². The summed E-state index contributed by atoms with van der Waals surface area (Å²) in [7, 11) is 1.69. The molecule has 0 unspecified atom stereocenters. The van der Waals surface area contributed by atoms with Crippen molar-refractivity contribution in [3.63, 3.8) is 0 Å². The largest absolute Gasteiger partial charge is 0.497 e. The van der Waals surface area contributed by atoms with E-state index < -0.39 is 0 Å². The fourth-order valence-corrected chi connectivity index (χ4v) is 3.92. The average Bonchev–Trinajstić information content (AvgIpc) is 3.11. The van der Waals surface area contributed by atoms with Gasteiger partial charge in [0.1, 0.15) is 5.75 Å². The van der Waals surface area contributed by atoms with Gasteiger partial charge in [-0.3, -0.25) is 0 Å². The number of methoxy groups -OCH3 is 1. The van der Waals surface area contributed by atoms with Crippen molar-refractivity contribution in [1.29, 1.82) is 0 Å². The molecule has 0 aliphatic carbocycles. The number of thiophene rings is 1. The summed E-state index contributed by atoms with van der Waals surface area (Å²) < 4.78 is 6.51. The molecule has 4 rings (SSSR count). The molecule has 0 aliphatic rings. The van der Waals surface area contributed by atoms with Gasteiger partial charge >= 0.3 is 0 Å². The minimum atomic E-state index is 0.880. The first kappa shape index (κ1) is 15.7. The lowest BCUT2D eigenvalue weighted by Crippen LogP contribution is -1.81. The summed E-state index contributed by atoms with van der Waals surface area (Å²) in [5.41, 5.74) is 3.65. The van der Waals surface area contributed by atoms with Crippen molar-refractivity contribution < 1.29 is 4.74 Å². The van der Waals surface area contributed by atoms with E-state index >= 15 is 0 Å². The quantitative estimate of drug-likeness (QED) is 0.373. The van der Waals surface area contributed by atoms with Crippen LogP contribution in [-0.2, 0) is 0 Å². The van der Waals surface area contributed by atoms with Crippen LogP contribution in [0.25, 0.3) is 32.7 Å². The maximum absolute atomic E-state index is 5.20. The summed E-state index contributed by atoms with van der Waals surface area (Å²) in [4.78, 5) is 1.31. The van der Waals surface area contributed by atoms with Gasteiger partial charge in [0, 0.05) is 9.58 Å². The first-order chi connectivity index (χ1) is 12.3. The molecule has 0 saturated heterocycles. The summed E-state index contributed by atoms with van der Waals surface area (Å²) in [5, 5.41) is 1.30. The SMILES string of the molecule is COc1ccc(/C=C/c2ccc3cc(-c4ccccc4)sc3c2)cc1. The Kier molecular flexibility index (Phi) is 4.36. The van der Waals surface area contributed by atoms with Gasteiger partial charge in [-0.1, -0.05) is 66.7 Å². The molecule has 122 valence electrons. The van der Waals surface area contributed by atoms with Gasteiger partial charge in [-0.2, -0.15) is 0 Å². The summed E-state index contributed by atoms with van der Waals surface area (Å²) in [5.74, 6) is 0.880. The van der Waals surface area contributed by atoms with Crippen LogP contribution >= 0.6 is 11.3 Å². The van der Waals surface area contributed by atoms with E-state index in [-0.39, 0.29) is 0 Å². The zero-order chi connectivity index (χ0) is 17.1. The van der Waals surface area contributed by atoms with E-state index in [2.05, 4.69) is 78.9 Å². The van der Waals surface area contributed by atoms with E-state index in [0.717, 1.165) is 11.3 Å². The van der Waals surface area contributed by atoms with Gasteiger partial charge in [-0.15, -0.1) is 11.3 Å². The van der Waals surface area contributed by atoms with E-state index in [9.17, 15) is 0 Å². The number of ether oxygens (including phenoxy) is 1. The topological polar surface area (TPSA) is 9.23 Å². The third-order valence-corrected chi connectivity index (χ3v) is 5.33. The van der Waals surface area contributed by atoms with E-state index in [1.165, 1.54) is 26.1 Å². The molecule has 0 N–H and O–H groups in total. The minimum Gasteiger partial charge on any atom is -0.497 e. The number of fused-ring (bicyclic) bond motifs is 1. The fourth-order valence-electron chi connectivity index (χ4n) is 2.80. The number of rotatable bonds is 4. The third-order valence-electron chi connectivity index (χ3n) is 4.19. The van der Waals surface area contributed by atoms with Crippen molar-refractivity contribution in [1.82, 2.24) is 0 Å². The highest BCUT2D eigenvalue weighted by Crippen LogP contribution is 2.34. The van der Waals surface area contributed by atoms with Gasteiger partial charge < -0.3 is 4.74 Å². The van der Waals surface area contributed by atoms with Gasteiger partial charge in [0.2, 0.25) is 0 Å². The van der Waals surface area contributed by atoms with E-state index in [1.807, 2.05) is 23.5 Å². The molecule has 0 atom stereocenters. The molecule has 25 heavy (non-hydrogen) atoms. The zero-order valence-electron chi connectivity index (χ0n) is 14.0. The molecule has 2 heteroatoms. The predicted molar refractivity (Wildman–Crippen MR) is 109 cm³/mol. The van der Waals surface area contributed by atoms with Crippen LogP contribution in [0.2, 0.25) is 0 Å². The lowest BCUT2D eigenvalue weighted by atomic mass is 10.1. The maximum Gasteiger partial charge on any atom is 0.118 e. The predicted octanol–water partition coefficient (Wildman–Crippen LogP) is 6.75. The molecule has 1 nitrogen and oxygen atoms in total. The van der Waals surface area contributed by atoms with Crippen molar-refractivity contribution in [3.05, 3.63) is 90.0 Å². The maximum atomic E-state index is 5.20. The Morgan fingerprint density at radius 1 is 0.760 bits per heavy atom. The highest BCUT2D eigenvalue weighted by molar-refractivity contribution is 7.22. The Hall–Kier alpha value is -2.84. The molecule has 1 aromatic heterocycles. The molecule has 0 amide bonds. The molecule has 0 radical (unpaired) electrons. The zero-order valence-corrected chi connectivity index (χ0v) is 14.8. The summed E-state index contributed by atoms with van der Waals surface area (Å²) in [6.45, 7) is 0. The summed E-state index contributed by atoms with van der Waals surface area (Å²) in [6.07, 6.45) is 4.29. The minimum absolute atomic E-state index is 0.880. The summed E-state index contributed by atoms with van der Waals surface area (Å²) in [6, 6.07) is 27.5. The number of hydrogen-bond acceptors (Lipinski definition) is 2. The van der Waals surface area contributed by atoms with Gasteiger partial charge in [0.15, 0.2) is 0 Å². The van der Waals surface area contributed by atoms with E-state index in [4.69, 9.17) is 4.74 Å². The monoisotopic (exact) mass is 342 g/mol. The summed E-state index contributed by atoms with van der Waals surface area (Å²) >= 11 is 1.84. The third kappa shape index (κ3) is 3.49. The van der Waals surface area contributed by atoms with Crippen molar-refractivity contribution in [3.8, 4) is 16.2 Å². The molecular weight excluding hydrogens is 324 g/mol. The van der Waals surface area contributed by atoms with Crippen LogP contribution in [0.15, 0.2) is 78.9 Å². The highest BCUT2D eigenvalue weighted by Gasteiger charge is 2.04. The normalized spacial score (nSPS) is 11.2. The van der Waals surface area contributed by atoms with E-state index in [0.29, 0.717) is 0 Å². The smallest absolute Gasteiger partial charge is 0.118 e. The molecule has 3 aromatic carbocycles. The first-order valence-electron chi connectivity index (χ1n) is 8.23. The lowest BCUT2D eigenvalue weighted by Gasteiger charge is -1.99. The molecule has 0 saturated carbocycles. The second kappa shape index (κ2) is 6.96. The first-order valence-corrected chi connectivity index (χ1v) is 9.05. The fraction of sp³-hybridized carbons (Fsp3) is 0.0435. The Bertz CT molecular complexity index is 1010. The van der Waals surface area contributed by atoms with Gasteiger partial charge in [-0.05, 0) is 46.3 Å². The van der Waals surface area contributed by atoms with Crippen molar-refractivity contribution in [2.45, 2.75) is 0 Å². The standard InChI is InChI=1S/C23H18OS/c1-24-21-13-10-17(11-14-21)7-8-18-9-12-20-16-23(25-22(20)15-18)19-5-3-2-4-6-19/h2-16H,1H3/b8-7+. The lowest BCUT2D eigenvalue weighted by molar-refractivity contribution is 0.415. The molecule has 0 aliphatic heterocycles. The molecule has 4 aromatic rings. The van der Waals surface area contributed by atoms with Crippen LogP contribution in [0.5, 0.6) is 5.75 Å². The number of benzene rings is 3. The average molecular weight is 342 g/mol. The van der Waals surface area contributed by atoms with Crippen LogP contribution < -0.4 is 4.74 Å². The Morgan fingerprint density at radius 3 is 2.24 bits per heavy atom. The molecule has 1 heterocycles. The van der Waals surface area contributed by atoms with Crippen LogP contribution in [0.1, 0.15) is 11.1 Å². The van der Waals surface area contributed by atoms with Crippen LogP contribution in [0, 0.1) is 0 Å². The van der Waals surface area contributed by atoms with Gasteiger partial charge in [0.05, 0.1) is 7.11 Å². The molecule has 0 bridgehead atoms.